The van der Waals surface area contributed by atoms with Gasteiger partial charge in [-0.25, -0.2) is 4.79 Å². The van der Waals surface area contributed by atoms with Gasteiger partial charge in [-0.2, -0.15) is 0 Å². The maximum Gasteiger partial charge on any atom is 0.326 e. The minimum Gasteiger partial charge on any atom is -0.508 e. The fourth-order valence-electron chi connectivity index (χ4n) is 3.00. The van der Waals surface area contributed by atoms with Crippen LogP contribution in [-0.2, 0) is 25.6 Å². The fourth-order valence-corrected chi connectivity index (χ4v) is 3.00. The maximum absolute atomic E-state index is 12.9. The van der Waals surface area contributed by atoms with E-state index in [2.05, 4.69) is 16.0 Å². The van der Waals surface area contributed by atoms with Crippen molar-refractivity contribution in [3.8, 4) is 5.75 Å². The molecule has 1 aromatic rings. The van der Waals surface area contributed by atoms with Crippen molar-refractivity contribution in [1.29, 1.82) is 0 Å². The van der Waals surface area contributed by atoms with Crippen molar-refractivity contribution in [2.24, 2.45) is 11.7 Å². The maximum atomic E-state index is 12.9. The van der Waals surface area contributed by atoms with Crippen molar-refractivity contribution in [2.75, 3.05) is 6.61 Å². The number of aliphatic hydroxyl groups excluding tert-OH is 2. The molecule has 0 aliphatic carbocycles. The van der Waals surface area contributed by atoms with Gasteiger partial charge in [0.15, 0.2) is 0 Å². The molecule has 0 aliphatic heterocycles. The van der Waals surface area contributed by atoms with Crippen molar-refractivity contribution in [1.82, 2.24) is 16.0 Å². The van der Waals surface area contributed by atoms with Gasteiger partial charge in [0, 0.05) is 6.42 Å². The van der Waals surface area contributed by atoms with E-state index in [1.807, 2.05) is 0 Å². The van der Waals surface area contributed by atoms with Gasteiger partial charge >= 0.3 is 5.97 Å². The van der Waals surface area contributed by atoms with E-state index in [9.17, 15) is 39.6 Å². The molecule has 0 bridgehead atoms. The number of aliphatic hydroxyl groups is 2. The topological polar surface area (TPSA) is 211 Å². The summed E-state index contributed by atoms with van der Waals surface area (Å²) in [6.07, 6.45) is -1.11. The van der Waals surface area contributed by atoms with Gasteiger partial charge in [0.1, 0.15) is 29.9 Å². The second-order valence-corrected chi connectivity index (χ2v) is 8.47. The number of hydrogen-bond acceptors (Lipinski definition) is 8. The lowest BCUT2D eigenvalue weighted by molar-refractivity contribution is -0.143. The van der Waals surface area contributed by atoms with E-state index in [-0.39, 0.29) is 24.5 Å². The first-order valence-electron chi connectivity index (χ1n) is 10.8. The molecule has 12 nitrogen and oxygen atoms in total. The number of benzene rings is 1. The number of aliphatic carboxylic acids is 1. The van der Waals surface area contributed by atoms with Crippen LogP contribution in [0, 0.1) is 5.92 Å². The van der Waals surface area contributed by atoms with E-state index < -0.39 is 60.6 Å². The number of carbonyl (C=O) groups excluding carboxylic acids is 3. The average molecular weight is 483 g/mol. The molecule has 0 saturated carbocycles. The zero-order chi connectivity index (χ0) is 26.0. The summed E-state index contributed by atoms with van der Waals surface area (Å²) in [5, 5.41) is 45.0. The summed E-state index contributed by atoms with van der Waals surface area (Å²) in [5.41, 5.74) is 6.19. The van der Waals surface area contributed by atoms with Crippen LogP contribution in [-0.4, -0.2) is 81.0 Å². The lowest BCUT2D eigenvalue weighted by atomic mass is 10.0. The Morgan fingerprint density at radius 1 is 0.882 bits per heavy atom. The Balaban J connectivity index is 3.02. The third kappa shape index (κ3) is 9.33. The minimum absolute atomic E-state index is 0.00341. The lowest BCUT2D eigenvalue weighted by Crippen LogP contribution is -2.59. The first-order valence-corrected chi connectivity index (χ1v) is 10.8. The minimum atomic E-state index is -1.48. The van der Waals surface area contributed by atoms with E-state index in [1.165, 1.54) is 31.2 Å². The highest BCUT2D eigenvalue weighted by Gasteiger charge is 2.31. The monoisotopic (exact) mass is 482 g/mol. The van der Waals surface area contributed by atoms with Crippen molar-refractivity contribution in [3.63, 3.8) is 0 Å². The molecule has 0 heterocycles. The van der Waals surface area contributed by atoms with Gasteiger partial charge in [-0.05, 0) is 37.0 Å². The van der Waals surface area contributed by atoms with E-state index in [4.69, 9.17) is 5.73 Å². The molecule has 12 heteroatoms. The van der Waals surface area contributed by atoms with Gasteiger partial charge < -0.3 is 42.1 Å². The summed E-state index contributed by atoms with van der Waals surface area (Å²) in [7, 11) is 0. The van der Waals surface area contributed by atoms with Gasteiger partial charge in [0.05, 0.1) is 12.7 Å². The summed E-state index contributed by atoms with van der Waals surface area (Å²) < 4.78 is 0. The Morgan fingerprint density at radius 3 is 1.85 bits per heavy atom. The van der Waals surface area contributed by atoms with Crippen molar-refractivity contribution >= 4 is 23.7 Å². The van der Waals surface area contributed by atoms with E-state index in [0.717, 1.165) is 0 Å². The number of carboxylic acids is 1. The third-order valence-electron chi connectivity index (χ3n) is 4.97. The predicted molar refractivity (Wildman–Crippen MR) is 121 cm³/mol. The normalized spacial score (nSPS) is 15.5. The molecule has 5 unspecified atom stereocenters. The smallest absolute Gasteiger partial charge is 0.326 e. The molecular weight excluding hydrogens is 448 g/mol. The van der Waals surface area contributed by atoms with Crippen molar-refractivity contribution < 1.29 is 39.6 Å². The Bertz CT molecular complexity index is 844. The van der Waals surface area contributed by atoms with Crippen LogP contribution in [0.15, 0.2) is 24.3 Å². The highest BCUT2D eigenvalue weighted by atomic mass is 16.4. The predicted octanol–water partition coefficient (Wildman–Crippen LogP) is -1.78. The van der Waals surface area contributed by atoms with Crippen LogP contribution in [0.5, 0.6) is 5.75 Å². The average Bonchev–Trinajstić information content (AvgIpc) is 2.76. The Hall–Kier alpha value is -3.22. The largest absolute Gasteiger partial charge is 0.508 e. The standard InChI is InChI=1S/C22H34N4O8/c1-11(2)8-16(22(33)34)25-20(31)17(10-27)26-19(30)15(24-21(32)18(23)12(3)28)9-13-4-6-14(29)7-5-13/h4-7,11-12,15-18,27-29H,8-10,23H2,1-3H3,(H,24,32)(H,25,31)(H,26,30)(H,33,34). The quantitative estimate of drug-likeness (QED) is 0.159. The first-order chi connectivity index (χ1) is 15.8. The summed E-state index contributed by atoms with van der Waals surface area (Å²) >= 11 is 0. The summed E-state index contributed by atoms with van der Waals surface area (Å²) in [6, 6.07) is 0.554. The number of phenolic OH excluding ortho intramolecular Hbond substituents is 1. The molecule has 5 atom stereocenters. The van der Waals surface area contributed by atoms with Crippen LogP contribution < -0.4 is 21.7 Å². The third-order valence-corrected chi connectivity index (χ3v) is 4.97. The van der Waals surface area contributed by atoms with Gasteiger partial charge in [-0.3, -0.25) is 14.4 Å². The number of hydrogen-bond donors (Lipinski definition) is 8. The molecule has 0 fully saturated rings. The SMILES string of the molecule is CC(C)CC(NC(=O)C(CO)NC(=O)C(Cc1ccc(O)cc1)NC(=O)C(N)C(C)O)C(=O)O. The van der Waals surface area contributed by atoms with E-state index in [0.29, 0.717) is 5.56 Å². The van der Waals surface area contributed by atoms with Crippen LogP contribution in [0.2, 0.25) is 0 Å². The highest BCUT2D eigenvalue weighted by Crippen LogP contribution is 2.12. The number of carbonyl (C=O) groups is 4. The molecule has 1 aromatic carbocycles. The highest BCUT2D eigenvalue weighted by molar-refractivity contribution is 5.94. The number of phenols is 1. The Morgan fingerprint density at radius 2 is 1.38 bits per heavy atom. The number of nitrogens with one attached hydrogen (secondary N) is 3. The van der Waals surface area contributed by atoms with Gasteiger partial charge in [-0.1, -0.05) is 26.0 Å². The molecule has 0 aromatic heterocycles. The van der Waals surface area contributed by atoms with Crippen LogP contribution in [0.1, 0.15) is 32.8 Å². The van der Waals surface area contributed by atoms with Crippen LogP contribution in [0.25, 0.3) is 0 Å². The molecule has 34 heavy (non-hydrogen) atoms. The second-order valence-electron chi connectivity index (χ2n) is 8.47. The van der Waals surface area contributed by atoms with Crippen LogP contribution in [0.4, 0.5) is 0 Å². The van der Waals surface area contributed by atoms with E-state index >= 15 is 0 Å². The Kier molecular flexibility index (Phi) is 11.4. The van der Waals surface area contributed by atoms with Gasteiger partial charge in [0.2, 0.25) is 17.7 Å². The molecule has 0 aliphatic rings. The summed E-state index contributed by atoms with van der Waals surface area (Å²) in [4.78, 5) is 49.2. The van der Waals surface area contributed by atoms with Crippen molar-refractivity contribution in [2.45, 2.75) is 63.9 Å². The molecule has 1 rings (SSSR count). The number of amides is 3. The van der Waals surface area contributed by atoms with E-state index in [1.54, 1.807) is 13.8 Å². The van der Waals surface area contributed by atoms with Crippen LogP contribution in [0.3, 0.4) is 0 Å². The van der Waals surface area contributed by atoms with Crippen LogP contribution >= 0.6 is 0 Å². The first kappa shape index (κ1) is 28.8. The zero-order valence-corrected chi connectivity index (χ0v) is 19.4. The van der Waals surface area contributed by atoms with Gasteiger partial charge in [-0.15, -0.1) is 0 Å². The number of nitrogens with two attached hydrogens (primary N) is 1. The fraction of sp³-hybridized carbons (Fsp3) is 0.545. The molecule has 3 amide bonds. The number of carboxylic acid groups (broad SMARTS) is 1. The summed E-state index contributed by atoms with van der Waals surface area (Å²) in [6.45, 7) is 4.05. The molecular formula is C22H34N4O8. The zero-order valence-electron chi connectivity index (χ0n) is 19.4. The molecule has 9 N–H and O–H groups in total. The second kappa shape index (κ2) is 13.5. The molecule has 0 saturated heterocycles. The summed E-state index contributed by atoms with van der Waals surface area (Å²) in [5.74, 6) is -3.86. The number of rotatable bonds is 13. The molecule has 0 spiro atoms. The number of aromatic hydroxyl groups is 1. The van der Waals surface area contributed by atoms with Crippen molar-refractivity contribution in [3.05, 3.63) is 29.8 Å². The Labute approximate surface area is 197 Å². The molecule has 190 valence electrons. The molecule has 0 radical (unpaired) electrons. The lowest BCUT2D eigenvalue weighted by Gasteiger charge is -2.25. The van der Waals surface area contributed by atoms with Gasteiger partial charge in [0.25, 0.3) is 0 Å².